The van der Waals surface area contributed by atoms with E-state index < -0.39 is 0 Å². The summed E-state index contributed by atoms with van der Waals surface area (Å²) in [4.78, 5) is 12.0. The number of hydrogen-bond donors (Lipinski definition) is 1. The van der Waals surface area contributed by atoms with Gasteiger partial charge in [0.1, 0.15) is 11.6 Å². The van der Waals surface area contributed by atoms with Crippen LogP contribution in [0.3, 0.4) is 0 Å². The van der Waals surface area contributed by atoms with Gasteiger partial charge in [-0.05, 0) is 25.0 Å². The first-order valence-electron chi connectivity index (χ1n) is 10.2. The second-order valence-corrected chi connectivity index (χ2v) is 7.64. The molecule has 1 N–H and O–H groups in total. The maximum atomic E-state index is 9.92. The maximum Gasteiger partial charge on any atom is 0.164 e. The van der Waals surface area contributed by atoms with Crippen molar-refractivity contribution >= 4 is 16.9 Å². The third kappa shape index (κ3) is 3.20. The minimum Gasteiger partial charge on any atom is -0.508 e. The summed E-state index contributed by atoms with van der Waals surface area (Å²) in [7, 11) is 0. The van der Waals surface area contributed by atoms with Crippen molar-refractivity contribution in [3.05, 3.63) is 30.5 Å². The minimum absolute atomic E-state index is 0.218. The standard InChI is InChI=1S/C21H25N5O2/c27-17-8-4-5-15(13-17)19-23-20(25-9-11-28-12-10-25)18-14-22-26(21(18)24-19)16-6-2-1-3-7-16/h4-5,8,13-14,16,27H,1-3,6-7,9-12H2. The lowest BCUT2D eigenvalue weighted by atomic mass is 9.96. The summed E-state index contributed by atoms with van der Waals surface area (Å²) in [5.41, 5.74) is 1.70. The fraction of sp³-hybridized carbons (Fsp3) is 0.476. The Kier molecular flexibility index (Phi) is 4.60. The van der Waals surface area contributed by atoms with Gasteiger partial charge in [0, 0.05) is 18.7 Å². The smallest absolute Gasteiger partial charge is 0.164 e. The molecular formula is C21H25N5O2. The molecule has 2 aromatic heterocycles. The van der Waals surface area contributed by atoms with Gasteiger partial charge in [-0.3, -0.25) is 0 Å². The van der Waals surface area contributed by atoms with Gasteiger partial charge in [-0.15, -0.1) is 0 Å². The molecule has 0 bridgehead atoms. The SMILES string of the molecule is Oc1cccc(-c2nc(N3CCOCC3)c3cnn(C4CCCCC4)c3n2)c1. The number of morpholine rings is 1. The number of nitrogens with zero attached hydrogens (tertiary/aromatic N) is 5. The monoisotopic (exact) mass is 379 g/mol. The summed E-state index contributed by atoms with van der Waals surface area (Å²) in [5, 5.41) is 15.7. The van der Waals surface area contributed by atoms with Crippen LogP contribution < -0.4 is 4.90 Å². The van der Waals surface area contributed by atoms with E-state index in [1.165, 1.54) is 19.3 Å². The van der Waals surface area contributed by atoms with Crippen molar-refractivity contribution in [3.63, 3.8) is 0 Å². The van der Waals surface area contributed by atoms with E-state index in [0.717, 1.165) is 48.3 Å². The van der Waals surface area contributed by atoms with Crippen molar-refractivity contribution in [1.29, 1.82) is 0 Å². The highest BCUT2D eigenvalue weighted by molar-refractivity contribution is 5.89. The molecule has 0 unspecified atom stereocenters. The molecule has 3 heterocycles. The Morgan fingerprint density at radius 2 is 1.86 bits per heavy atom. The number of benzene rings is 1. The molecule has 0 radical (unpaired) electrons. The van der Waals surface area contributed by atoms with Crippen LogP contribution in [0.4, 0.5) is 5.82 Å². The third-order valence-corrected chi connectivity index (χ3v) is 5.77. The molecule has 0 atom stereocenters. The van der Waals surface area contributed by atoms with Crippen molar-refractivity contribution in [2.45, 2.75) is 38.1 Å². The van der Waals surface area contributed by atoms with E-state index in [1.54, 1.807) is 12.1 Å². The number of aromatic hydroxyl groups is 1. The number of anilines is 1. The Morgan fingerprint density at radius 3 is 2.64 bits per heavy atom. The van der Waals surface area contributed by atoms with E-state index in [9.17, 15) is 5.11 Å². The number of hydrogen-bond acceptors (Lipinski definition) is 6. The van der Waals surface area contributed by atoms with E-state index in [0.29, 0.717) is 25.1 Å². The molecule has 0 spiro atoms. The number of phenolic OH excluding ortho intramolecular Hbond substituents is 1. The summed E-state index contributed by atoms with van der Waals surface area (Å²) in [6, 6.07) is 7.54. The van der Waals surface area contributed by atoms with Crippen LogP contribution in [0.5, 0.6) is 5.75 Å². The van der Waals surface area contributed by atoms with Crippen LogP contribution in [0.1, 0.15) is 38.1 Å². The predicted octanol–water partition coefficient (Wildman–Crippen LogP) is 3.54. The maximum absolute atomic E-state index is 9.92. The van der Waals surface area contributed by atoms with Crippen LogP contribution in [0.2, 0.25) is 0 Å². The van der Waals surface area contributed by atoms with Gasteiger partial charge in [-0.1, -0.05) is 31.4 Å². The number of fused-ring (bicyclic) bond motifs is 1. The molecular weight excluding hydrogens is 354 g/mol. The Bertz CT molecular complexity index is 974. The summed E-state index contributed by atoms with van der Waals surface area (Å²) in [6.07, 6.45) is 8.00. The van der Waals surface area contributed by atoms with Gasteiger partial charge in [0.15, 0.2) is 11.5 Å². The van der Waals surface area contributed by atoms with E-state index in [2.05, 4.69) is 9.58 Å². The molecule has 28 heavy (non-hydrogen) atoms. The number of rotatable bonds is 3. The Morgan fingerprint density at radius 1 is 1.04 bits per heavy atom. The molecule has 1 aliphatic carbocycles. The lowest BCUT2D eigenvalue weighted by Crippen LogP contribution is -2.37. The zero-order chi connectivity index (χ0) is 18.9. The normalized spacial score (nSPS) is 18.6. The Balaban J connectivity index is 1.66. The van der Waals surface area contributed by atoms with Crippen LogP contribution >= 0.6 is 0 Å². The average Bonchev–Trinajstić information content (AvgIpc) is 3.18. The molecule has 1 saturated carbocycles. The average molecular weight is 379 g/mol. The fourth-order valence-corrected chi connectivity index (χ4v) is 4.29. The highest BCUT2D eigenvalue weighted by Crippen LogP contribution is 2.34. The molecule has 1 aromatic carbocycles. The molecule has 1 aliphatic heterocycles. The van der Waals surface area contributed by atoms with E-state index in [4.69, 9.17) is 19.8 Å². The molecule has 3 aromatic rings. The Hall–Kier alpha value is -2.67. The predicted molar refractivity (Wildman–Crippen MR) is 108 cm³/mol. The zero-order valence-corrected chi connectivity index (χ0v) is 15.9. The number of ether oxygens (including phenoxy) is 1. The van der Waals surface area contributed by atoms with Crippen LogP contribution in [0, 0.1) is 0 Å². The molecule has 7 heteroatoms. The van der Waals surface area contributed by atoms with Crippen molar-refractivity contribution in [1.82, 2.24) is 19.7 Å². The molecule has 2 fully saturated rings. The lowest BCUT2D eigenvalue weighted by molar-refractivity contribution is 0.122. The lowest BCUT2D eigenvalue weighted by Gasteiger charge is -2.28. The van der Waals surface area contributed by atoms with Crippen molar-refractivity contribution in [2.24, 2.45) is 0 Å². The van der Waals surface area contributed by atoms with Gasteiger partial charge in [0.2, 0.25) is 0 Å². The molecule has 7 nitrogen and oxygen atoms in total. The molecule has 2 aliphatic rings. The fourth-order valence-electron chi connectivity index (χ4n) is 4.29. The second kappa shape index (κ2) is 7.39. The Labute approximate surface area is 164 Å². The van der Waals surface area contributed by atoms with Crippen LogP contribution in [-0.4, -0.2) is 51.2 Å². The van der Waals surface area contributed by atoms with Gasteiger partial charge in [0.25, 0.3) is 0 Å². The molecule has 0 amide bonds. The van der Waals surface area contributed by atoms with Crippen LogP contribution in [-0.2, 0) is 4.74 Å². The first-order valence-corrected chi connectivity index (χ1v) is 10.2. The van der Waals surface area contributed by atoms with Crippen molar-refractivity contribution in [2.75, 3.05) is 31.2 Å². The van der Waals surface area contributed by atoms with E-state index >= 15 is 0 Å². The number of aromatic nitrogens is 4. The zero-order valence-electron chi connectivity index (χ0n) is 15.9. The first kappa shape index (κ1) is 17.4. The molecule has 1 saturated heterocycles. The third-order valence-electron chi connectivity index (χ3n) is 5.77. The van der Waals surface area contributed by atoms with Crippen LogP contribution in [0.15, 0.2) is 30.5 Å². The molecule has 5 rings (SSSR count). The second-order valence-electron chi connectivity index (χ2n) is 7.64. The largest absolute Gasteiger partial charge is 0.508 e. The highest BCUT2D eigenvalue weighted by atomic mass is 16.5. The molecule has 146 valence electrons. The van der Waals surface area contributed by atoms with Gasteiger partial charge in [-0.25, -0.2) is 14.6 Å². The summed E-state index contributed by atoms with van der Waals surface area (Å²) < 4.78 is 7.63. The summed E-state index contributed by atoms with van der Waals surface area (Å²) >= 11 is 0. The van der Waals surface area contributed by atoms with Gasteiger partial charge < -0.3 is 14.7 Å². The van der Waals surface area contributed by atoms with Gasteiger partial charge in [-0.2, -0.15) is 5.10 Å². The van der Waals surface area contributed by atoms with Crippen molar-refractivity contribution in [3.8, 4) is 17.1 Å². The first-order chi connectivity index (χ1) is 13.8. The van der Waals surface area contributed by atoms with E-state index in [-0.39, 0.29) is 5.75 Å². The van der Waals surface area contributed by atoms with Crippen LogP contribution in [0.25, 0.3) is 22.4 Å². The highest BCUT2D eigenvalue weighted by Gasteiger charge is 2.24. The summed E-state index contributed by atoms with van der Waals surface area (Å²) in [6.45, 7) is 3.01. The quantitative estimate of drug-likeness (QED) is 0.750. The minimum atomic E-state index is 0.218. The van der Waals surface area contributed by atoms with E-state index in [1.807, 2.05) is 18.3 Å². The number of phenols is 1. The van der Waals surface area contributed by atoms with Crippen molar-refractivity contribution < 1.29 is 9.84 Å². The topological polar surface area (TPSA) is 76.3 Å². The van der Waals surface area contributed by atoms with Gasteiger partial charge >= 0.3 is 0 Å². The summed E-state index contributed by atoms with van der Waals surface area (Å²) in [5.74, 6) is 1.76. The van der Waals surface area contributed by atoms with Gasteiger partial charge in [0.05, 0.1) is 30.8 Å².